The van der Waals surface area contributed by atoms with E-state index in [1.54, 1.807) is 54.6 Å². The van der Waals surface area contributed by atoms with Crippen molar-refractivity contribution in [2.45, 2.75) is 24.9 Å². The molecule has 0 unspecified atom stereocenters. The molecule has 2 aliphatic heterocycles. The van der Waals surface area contributed by atoms with E-state index in [1.807, 2.05) is 11.0 Å². The lowest BCUT2D eigenvalue weighted by molar-refractivity contribution is -0.384. The first-order valence-corrected chi connectivity index (χ1v) is 11.8. The van der Waals surface area contributed by atoms with E-state index >= 15 is 0 Å². The van der Waals surface area contributed by atoms with E-state index in [9.17, 15) is 24.5 Å². The maximum Gasteiger partial charge on any atom is 0.269 e. The van der Waals surface area contributed by atoms with Gasteiger partial charge in [0.15, 0.2) is 17.3 Å². The number of nitro groups is 1. The molecule has 3 aromatic carbocycles. The molecular formula is C28H19ClN2O5. The summed E-state index contributed by atoms with van der Waals surface area (Å²) in [6.07, 6.45) is 3.61. The van der Waals surface area contributed by atoms with Gasteiger partial charge in [0.1, 0.15) is 5.41 Å². The van der Waals surface area contributed by atoms with Crippen LogP contribution >= 0.6 is 11.6 Å². The highest BCUT2D eigenvalue weighted by Crippen LogP contribution is 2.60. The third-order valence-electron chi connectivity index (χ3n) is 7.62. The number of carbonyl (C=O) groups excluding carboxylic acids is 3. The number of hydrogen-bond donors (Lipinski definition) is 0. The molecule has 8 heteroatoms. The minimum Gasteiger partial charge on any atom is -0.352 e. The molecule has 3 atom stereocenters. The van der Waals surface area contributed by atoms with Crippen molar-refractivity contribution in [2.24, 2.45) is 5.41 Å². The van der Waals surface area contributed by atoms with Crippen LogP contribution in [0.3, 0.4) is 0 Å². The Morgan fingerprint density at radius 2 is 1.69 bits per heavy atom. The van der Waals surface area contributed by atoms with Crippen molar-refractivity contribution in [3.63, 3.8) is 0 Å². The monoisotopic (exact) mass is 498 g/mol. The second kappa shape index (κ2) is 7.70. The Hall–Kier alpha value is -4.10. The molecule has 0 N–H and O–H groups in total. The van der Waals surface area contributed by atoms with Crippen molar-refractivity contribution in [3.8, 4) is 0 Å². The summed E-state index contributed by atoms with van der Waals surface area (Å²) < 4.78 is 0. The van der Waals surface area contributed by atoms with Crippen LogP contribution in [0, 0.1) is 15.5 Å². The van der Waals surface area contributed by atoms with E-state index in [0.717, 1.165) is 5.56 Å². The van der Waals surface area contributed by atoms with Gasteiger partial charge in [0.2, 0.25) is 0 Å². The van der Waals surface area contributed by atoms with Crippen LogP contribution in [-0.2, 0) is 4.79 Å². The molecule has 0 aromatic heterocycles. The number of halogens is 1. The largest absolute Gasteiger partial charge is 0.352 e. The lowest BCUT2D eigenvalue weighted by Crippen LogP contribution is -2.48. The molecule has 1 fully saturated rings. The van der Waals surface area contributed by atoms with E-state index in [4.69, 9.17) is 11.6 Å². The molecule has 0 radical (unpaired) electrons. The van der Waals surface area contributed by atoms with Gasteiger partial charge < -0.3 is 4.90 Å². The molecule has 0 amide bonds. The summed E-state index contributed by atoms with van der Waals surface area (Å²) in [7, 11) is 0. The lowest BCUT2D eigenvalue weighted by Gasteiger charge is -2.37. The Morgan fingerprint density at radius 3 is 2.33 bits per heavy atom. The highest BCUT2D eigenvalue weighted by atomic mass is 35.5. The number of anilines is 1. The highest BCUT2D eigenvalue weighted by molar-refractivity contribution is 6.32. The Labute approximate surface area is 211 Å². The van der Waals surface area contributed by atoms with Crippen molar-refractivity contribution in [3.05, 3.63) is 110 Å². The standard InChI is InChI=1S/C28H19ClN2O5/c1-15(32)25-24(17-5-4-6-19(14-17)31(35)36)28(26(33)20-7-2-3-8-21(20)27(28)34)23-12-9-16-13-18(29)10-11-22(16)30(23)25/h2-14,23-25H,1H3/t23-,24+,25+/m0/s1. The van der Waals surface area contributed by atoms with Gasteiger partial charge in [0.25, 0.3) is 5.69 Å². The molecule has 0 saturated carbocycles. The summed E-state index contributed by atoms with van der Waals surface area (Å²) in [5, 5.41) is 12.1. The number of nitro benzene ring substituents is 1. The van der Waals surface area contributed by atoms with Gasteiger partial charge in [-0.1, -0.05) is 60.2 Å². The van der Waals surface area contributed by atoms with Crippen molar-refractivity contribution in [1.29, 1.82) is 0 Å². The molecule has 36 heavy (non-hydrogen) atoms. The summed E-state index contributed by atoms with van der Waals surface area (Å²) in [6.45, 7) is 1.43. The van der Waals surface area contributed by atoms with Crippen LogP contribution in [0.2, 0.25) is 5.02 Å². The molecule has 6 rings (SSSR count). The minimum absolute atomic E-state index is 0.173. The van der Waals surface area contributed by atoms with Gasteiger partial charge in [-0.15, -0.1) is 0 Å². The van der Waals surface area contributed by atoms with Crippen LogP contribution < -0.4 is 4.90 Å². The van der Waals surface area contributed by atoms with Gasteiger partial charge in [0, 0.05) is 39.9 Å². The molecule has 178 valence electrons. The summed E-state index contributed by atoms with van der Waals surface area (Å²) >= 11 is 6.23. The lowest BCUT2D eigenvalue weighted by atomic mass is 9.64. The van der Waals surface area contributed by atoms with Crippen LogP contribution in [0.15, 0.2) is 72.8 Å². The van der Waals surface area contributed by atoms with E-state index in [1.165, 1.54) is 25.1 Å². The quantitative estimate of drug-likeness (QED) is 0.277. The molecule has 3 aliphatic rings. The fourth-order valence-electron chi connectivity index (χ4n) is 6.31. The average Bonchev–Trinajstić information content (AvgIpc) is 3.30. The third-order valence-corrected chi connectivity index (χ3v) is 7.86. The molecule has 1 aliphatic carbocycles. The van der Waals surface area contributed by atoms with Gasteiger partial charge in [0.05, 0.1) is 17.0 Å². The van der Waals surface area contributed by atoms with Crippen LogP contribution in [0.1, 0.15) is 44.7 Å². The number of fused-ring (bicyclic) bond motifs is 5. The van der Waals surface area contributed by atoms with Crippen LogP contribution in [0.25, 0.3) is 6.08 Å². The molecule has 1 saturated heterocycles. The van der Waals surface area contributed by atoms with E-state index in [0.29, 0.717) is 27.4 Å². The maximum absolute atomic E-state index is 14.3. The maximum atomic E-state index is 14.3. The van der Waals surface area contributed by atoms with E-state index in [-0.39, 0.29) is 23.0 Å². The molecule has 1 spiro atoms. The molecule has 2 heterocycles. The SMILES string of the molecule is CC(=O)[C@@H]1[C@@H](c2cccc([N+](=O)[O-])c2)C2(C(=O)c3ccccc3C2=O)[C@@H]2C=Cc3cc(Cl)ccc3N12. The van der Waals surface area contributed by atoms with Crippen LogP contribution in [0.5, 0.6) is 0 Å². The summed E-state index contributed by atoms with van der Waals surface area (Å²) in [5.41, 5.74) is 0.606. The first-order valence-electron chi connectivity index (χ1n) is 11.5. The van der Waals surface area contributed by atoms with Crippen molar-refractivity contribution in [2.75, 3.05) is 4.90 Å². The van der Waals surface area contributed by atoms with Crippen LogP contribution in [0.4, 0.5) is 11.4 Å². The zero-order chi connectivity index (χ0) is 25.4. The Bertz CT molecular complexity index is 1510. The second-order valence-corrected chi connectivity index (χ2v) is 9.81. The van der Waals surface area contributed by atoms with Crippen LogP contribution in [-0.4, -0.2) is 34.4 Å². The molecular weight excluding hydrogens is 480 g/mol. The van der Waals surface area contributed by atoms with Gasteiger partial charge in [-0.25, -0.2) is 0 Å². The number of non-ortho nitro benzene ring substituents is 1. The topological polar surface area (TPSA) is 97.6 Å². The number of carbonyl (C=O) groups is 3. The number of Topliss-reactive ketones (excluding diaryl/α,β-unsaturated/α-hetero) is 3. The summed E-state index contributed by atoms with van der Waals surface area (Å²) in [5.74, 6) is -1.94. The van der Waals surface area contributed by atoms with Gasteiger partial charge in [-0.2, -0.15) is 0 Å². The molecule has 3 aromatic rings. The predicted octanol–water partition coefficient (Wildman–Crippen LogP) is 5.27. The number of ketones is 3. The highest BCUT2D eigenvalue weighted by Gasteiger charge is 2.71. The van der Waals surface area contributed by atoms with Gasteiger partial charge in [-0.3, -0.25) is 24.5 Å². The number of benzene rings is 3. The smallest absolute Gasteiger partial charge is 0.269 e. The van der Waals surface area contributed by atoms with Crippen molar-refractivity contribution >= 4 is 46.4 Å². The summed E-state index contributed by atoms with van der Waals surface area (Å²) in [6, 6.07) is 16.1. The third kappa shape index (κ3) is 2.77. The normalized spacial score (nSPS) is 22.9. The molecule has 0 bridgehead atoms. The first-order chi connectivity index (χ1) is 17.3. The average molecular weight is 499 g/mol. The Balaban J connectivity index is 1.68. The predicted molar refractivity (Wildman–Crippen MR) is 135 cm³/mol. The minimum atomic E-state index is -1.66. The van der Waals surface area contributed by atoms with Crippen molar-refractivity contribution in [1.82, 2.24) is 0 Å². The Kier molecular flexibility index (Phi) is 4.78. The zero-order valence-electron chi connectivity index (χ0n) is 19.1. The summed E-state index contributed by atoms with van der Waals surface area (Å²) in [4.78, 5) is 54.8. The van der Waals surface area contributed by atoms with E-state index in [2.05, 4.69) is 0 Å². The number of rotatable bonds is 3. The zero-order valence-corrected chi connectivity index (χ0v) is 19.8. The molecule has 7 nitrogen and oxygen atoms in total. The van der Waals surface area contributed by atoms with Crippen molar-refractivity contribution < 1.29 is 19.3 Å². The number of nitrogens with zero attached hydrogens (tertiary/aromatic N) is 2. The van der Waals surface area contributed by atoms with Gasteiger partial charge >= 0.3 is 0 Å². The first kappa shape index (κ1) is 22.4. The fraction of sp³-hybridized carbons (Fsp3) is 0.179. The number of hydrogen-bond acceptors (Lipinski definition) is 6. The van der Waals surface area contributed by atoms with Gasteiger partial charge in [-0.05, 0) is 36.2 Å². The van der Waals surface area contributed by atoms with E-state index < -0.39 is 28.3 Å². The second-order valence-electron chi connectivity index (χ2n) is 9.37. The fourth-order valence-corrected chi connectivity index (χ4v) is 6.49. The Morgan fingerprint density at radius 1 is 1.00 bits per heavy atom.